The third-order valence-corrected chi connectivity index (χ3v) is 4.80. The van der Waals surface area contributed by atoms with E-state index in [4.69, 9.17) is 5.73 Å². The second-order valence-corrected chi connectivity index (χ2v) is 7.44. The van der Waals surface area contributed by atoms with Crippen LogP contribution >= 0.6 is 0 Å². The number of anilines is 3. The van der Waals surface area contributed by atoms with Gasteiger partial charge >= 0.3 is 0 Å². The topological polar surface area (TPSA) is 70.4 Å². The molecule has 0 atom stereocenters. The Hall–Kier alpha value is -3.57. The quantitative estimate of drug-likeness (QED) is 0.454. The zero-order chi connectivity index (χ0) is 20.4. The van der Waals surface area contributed by atoms with Gasteiger partial charge in [0.25, 0.3) is 5.91 Å². The van der Waals surface area contributed by atoms with E-state index in [9.17, 15) is 4.79 Å². The number of hydrogen-bond acceptors (Lipinski definition) is 4. The molecule has 0 fully saturated rings. The number of carbonyl (C=O) groups is 1. The van der Waals surface area contributed by atoms with Crippen molar-refractivity contribution >= 4 is 34.2 Å². The number of carbonyl (C=O) groups excluding carboxylic acids is 1. The van der Waals surface area contributed by atoms with E-state index in [1.165, 1.54) is 5.56 Å². The maximum atomic E-state index is 12.9. The van der Waals surface area contributed by atoms with E-state index in [-0.39, 0.29) is 5.91 Å². The molecule has 146 valence electrons. The second-order valence-electron chi connectivity index (χ2n) is 7.44. The number of hydrogen-bond donors (Lipinski definition) is 3. The number of rotatable bonds is 5. The van der Waals surface area contributed by atoms with Crippen molar-refractivity contribution in [2.24, 2.45) is 0 Å². The summed E-state index contributed by atoms with van der Waals surface area (Å²) in [4.78, 5) is 15.0. The molecule has 0 aliphatic carbocycles. The average molecular weight is 384 g/mol. The summed E-state index contributed by atoms with van der Waals surface area (Å²) in [5.74, 6) is -0.138. The highest BCUT2D eigenvalue weighted by molar-refractivity contribution is 6.37. The Morgan fingerprint density at radius 3 is 2.55 bits per heavy atom. The Morgan fingerprint density at radius 2 is 1.79 bits per heavy atom. The van der Waals surface area contributed by atoms with Gasteiger partial charge in [-0.2, -0.15) is 0 Å². The van der Waals surface area contributed by atoms with Crippen molar-refractivity contribution in [3.05, 3.63) is 89.5 Å². The van der Waals surface area contributed by atoms with Crippen molar-refractivity contribution in [2.45, 2.75) is 6.54 Å². The van der Waals surface area contributed by atoms with E-state index >= 15 is 0 Å². The Kier molecular flexibility index (Phi) is 5.06. The Balaban J connectivity index is 1.84. The van der Waals surface area contributed by atoms with Crippen LogP contribution in [0, 0.1) is 0 Å². The molecule has 0 radical (unpaired) electrons. The number of nitrogens with zero attached hydrogens (tertiary/aromatic N) is 1. The molecule has 0 saturated heterocycles. The van der Waals surface area contributed by atoms with E-state index in [1.807, 2.05) is 68.7 Å². The van der Waals surface area contributed by atoms with Crippen LogP contribution < -0.4 is 16.4 Å². The molecule has 4 N–H and O–H groups in total. The van der Waals surface area contributed by atoms with Crippen LogP contribution in [-0.2, 0) is 11.3 Å². The van der Waals surface area contributed by atoms with Gasteiger partial charge in [-0.25, -0.2) is 0 Å². The summed E-state index contributed by atoms with van der Waals surface area (Å²) in [6.07, 6.45) is 0. The van der Waals surface area contributed by atoms with Gasteiger partial charge in [0.1, 0.15) is 0 Å². The van der Waals surface area contributed by atoms with Gasteiger partial charge in [-0.1, -0.05) is 42.5 Å². The van der Waals surface area contributed by atoms with Gasteiger partial charge in [-0.15, -0.1) is 0 Å². The lowest BCUT2D eigenvalue weighted by Crippen LogP contribution is -2.12. The summed E-state index contributed by atoms with van der Waals surface area (Å²) in [5, 5.41) is 6.45. The first-order chi connectivity index (χ1) is 14.0. The van der Waals surface area contributed by atoms with Gasteiger partial charge in [-0.3, -0.25) is 4.79 Å². The van der Waals surface area contributed by atoms with Gasteiger partial charge < -0.3 is 21.3 Å². The van der Waals surface area contributed by atoms with Crippen molar-refractivity contribution in [1.29, 1.82) is 0 Å². The summed E-state index contributed by atoms with van der Waals surface area (Å²) in [6.45, 7) is 0.840. The number of fused-ring (bicyclic) bond motifs is 1. The Labute approximate surface area is 170 Å². The van der Waals surface area contributed by atoms with Crippen LogP contribution in [0.15, 0.2) is 72.8 Å². The largest absolute Gasteiger partial charge is 0.399 e. The van der Waals surface area contributed by atoms with E-state index in [0.29, 0.717) is 11.3 Å². The molecule has 3 aromatic rings. The van der Waals surface area contributed by atoms with Crippen molar-refractivity contribution in [1.82, 2.24) is 4.90 Å². The number of amides is 1. The lowest BCUT2D eigenvalue weighted by molar-refractivity contribution is -0.110. The molecule has 4 rings (SSSR count). The second kappa shape index (κ2) is 7.81. The van der Waals surface area contributed by atoms with Gasteiger partial charge in [0.15, 0.2) is 0 Å². The van der Waals surface area contributed by atoms with Crippen molar-refractivity contribution < 1.29 is 4.79 Å². The summed E-state index contributed by atoms with van der Waals surface area (Å²) in [5.41, 5.74) is 12.6. The van der Waals surface area contributed by atoms with E-state index in [2.05, 4.69) is 27.7 Å². The van der Waals surface area contributed by atoms with Crippen LogP contribution in [0.25, 0.3) is 11.3 Å². The van der Waals surface area contributed by atoms with Gasteiger partial charge in [0.2, 0.25) is 0 Å². The Bertz CT molecular complexity index is 1090. The molecule has 1 aliphatic heterocycles. The highest BCUT2D eigenvalue weighted by atomic mass is 16.2. The SMILES string of the molecule is CN(C)Cc1cccc(N/C(=C2\C(=O)Nc3ccc(N)cc32)c2ccccc2)c1. The fraction of sp³-hybridized carbons (Fsp3) is 0.125. The number of nitrogen functional groups attached to an aromatic ring is 1. The molecular formula is C24H24N4O. The minimum absolute atomic E-state index is 0.138. The highest BCUT2D eigenvalue weighted by Crippen LogP contribution is 2.38. The third kappa shape index (κ3) is 4.00. The number of benzene rings is 3. The normalized spacial score (nSPS) is 14.5. The summed E-state index contributed by atoms with van der Waals surface area (Å²) in [6, 6.07) is 23.6. The standard InChI is InChI=1S/C24H24N4O/c1-28(2)15-16-7-6-10-19(13-16)26-23(17-8-4-3-5-9-17)22-20-14-18(25)11-12-21(20)27-24(22)29/h3-14,26H,15,25H2,1-2H3,(H,27,29)/b23-22-. The van der Waals surface area contributed by atoms with Crippen LogP contribution in [0.2, 0.25) is 0 Å². The fourth-order valence-electron chi connectivity index (χ4n) is 3.57. The van der Waals surface area contributed by atoms with Crippen LogP contribution in [0.4, 0.5) is 17.1 Å². The first-order valence-corrected chi connectivity index (χ1v) is 9.53. The molecule has 1 amide bonds. The number of nitrogens with one attached hydrogen (secondary N) is 2. The molecular weight excluding hydrogens is 360 g/mol. The minimum Gasteiger partial charge on any atom is -0.399 e. The molecule has 3 aromatic carbocycles. The molecule has 1 heterocycles. The molecule has 5 nitrogen and oxygen atoms in total. The van der Waals surface area contributed by atoms with E-state index in [1.54, 1.807) is 6.07 Å². The maximum absolute atomic E-state index is 12.9. The average Bonchev–Trinajstić information content (AvgIpc) is 3.01. The highest BCUT2D eigenvalue weighted by Gasteiger charge is 2.28. The van der Waals surface area contributed by atoms with E-state index in [0.717, 1.165) is 34.7 Å². The van der Waals surface area contributed by atoms with Crippen molar-refractivity contribution in [2.75, 3.05) is 30.5 Å². The zero-order valence-corrected chi connectivity index (χ0v) is 16.6. The molecule has 0 spiro atoms. The molecule has 1 aliphatic rings. The first kappa shape index (κ1) is 18.8. The van der Waals surface area contributed by atoms with Crippen molar-refractivity contribution in [3.8, 4) is 0 Å². The molecule has 0 saturated carbocycles. The zero-order valence-electron chi connectivity index (χ0n) is 16.6. The third-order valence-electron chi connectivity index (χ3n) is 4.80. The smallest absolute Gasteiger partial charge is 0.258 e. The monoisotopic (exact) mass is 384 g/mol. The van der Waals surface area contributed by atoms with E-state index < -0.39 is 0 Å². The van der Waals surface area contributed by atoms with Crippen LogP contribution in [0.5, 0.6) is 0 Å². The maximum Gasteiger partial charge on any atom is 0.258 e. The molecule has 29 heavy (non-hydrogen) atoms. The molecule has 0 unspecified atom stereocenters. The molecule has 0 bridgehead atoms. The number of nitrogens with two attached hydrogens (primary N) is 1. The summed E-state index contributed by atoms with van der Waals surface area (Å²) >= 11 is 0. The first-order valence-electron chi connectivity index (χ1n) is 9.53. The van der Waals surface area contributed by atoms with Gasteiger partial charge in [0.05, 0.1) is 11.3 Å². The van der Waals surface area contributed by atoms with Crippen LogP contribution in [0.1, 0.15) is 16.7 Å². The summed E-state index contributed by atoms with van der Waals surface area (Å²) in [7, 11) is 4.09. The lowest BCUT2D eigenvalue weighted by Gasteiger charge is -2.16. The van der Waals surface area contributed by atoms with Crippen molar-refractivity contribution in [3.63, 3.8) is 0 Å². The molecule has 5 heteroatoms. The summed E-state index contributed by atoms with van der Waals surface area (Å²) < 4.78 is 0. The fourth-order valence-corrected chi connectivity index (χ4v) is 3.57. The predicted octanol–water partition coefficient (Wildman–Crippen LogP) is 4.26. The minimum atomic E-state index is -0.138. The lowest BCUT2D eigenvalue weighted by atomic mass is 9.99. The Morgan fingerprint density at radius 1 is 1.00 bits per heavy atom. The van der Waals surface area contributed by atoms with Gasteiger partial charge in [0, 0.05) is 29.2 Å². The predicted molar refractivity (Wildman–Crippen MR) is 120 cm³/mol. The van der Waals surface area contributed by atoms with Crippen LogP contribution in [0.3, 0.4) is 0 Å². The van der Waals surface area contributed by atoms with Crippen LogP contribution in [-0.4, -0.2) is 24.9 Å². The van der Waals surface area contributed by atoms with Gasteiger partial charge in [-0.05, 0) is 55.6 Å². The molecule has 0 aromatic heterocycles.